The number of anilines is 1. The number of alkyl halides is 1. The Kier molecular flexibility index (Phi) is 5.79. The van der Waals surface area contributed by atoms with Gasteiger partial charge in [-0.2, -0.15) is 0 Å². The van der Waals surface area contributed by atoms with Crippen molar-refractivity contribution in [1.82, 2.24) is 10.9 Å². The number of carbonyl (C=O) groups is 1. The molecular formula is C18H26BrN3O2. The SMILES string of the molecule is CC(C)C1NNC(C(=O)Nc2ccc(OC3CCCC3)cc2)C1Br. The lowest BCUT2D eigenvalue weighted by Crippen LogP contribution is -2.42. The van der Waals surface area contributed by atoms with Gasteiger partial charge < -0.3 is 10.1 Å². The van der Waals surface area contributed by atoms with E-state index in [2.05, 4.69) is 45.9 Å². The predicted molar refractivity (Wildman–Crippen MR) is 99.4 cm³/mol. The fourth-order valence-corrected chi connectivity index (χ4v) is 4.45. The van der Waals surface area contributed by atoms with E-state index in [4.69, 9.17) is 4.74 Å². The van der Waals surface area contributed by atoms with Crippen LogP contribution in [0.5, 0.6) is 5.75 Å². The fraction of sp³-hybridized carbons (Fsp3) is 0.611. The van der Waals surface area contributed by atoms with Crippen LogP contribution in [0.15, 0.2) is 24.3 Å². The van der Waals surface area contributed by atoms with E-state index in [1.54, 1.807) is 0 Å². The Hall–Kier alpha value is -1.11. The summed E-state index contributed by atoms with van der Waals surface area (Å²) in [5.74, 6) is 1.27. The van der Waals surface area contributed by atoms with Crippen molar-refractivity contribution in [3.8, 4) is 5.75 Å². The van der Waals surface area contributed by atoms with Crippen LogP contribution in [-0.2, 0) is 4.79 Å². The van der Waals surface area contributed by atoms with Crippen molar-refractivity contribution in [3.05, 3.63) is 24.3 Å². The molecule has 2 aliphatic rings. The third-order valence-corrected chi connectivity index (χ3v) is 5.89. The van der Waals surface area contributed by atoms with E-state index < -0.39 is 0 Å². The van der Waals surface area contributed by atoms with Gasteiger partial charge in [-0.15, -0.1) is 0 Å². The molecule has 0 spiro atoms. The number of hydrazine groups is 1. The highest BCUT2D eigenvalue weighted by Crippen LogP contribution is 2.26. The van der Waals surface area contributed by atoms with Crippen LogP contribution in [-0.4, -0.2) is 28.9 Å². The van der Waals surface area contributed by atoms with E-state index in [-0.39, 0.29) is 22.8 Å². The summed E-state index contributed by atoms with van der Waals surface area (Å²) < 4.78 is 5.95. The molecule has 0 bridgehead atoms. The molecule has 3 unspecified atom stereocenters. The van der Waals surface area contributed by atoms with Gasteiger partial charge >= 0.3 is 0 Å². The van der Waals surface area contributed by atoms with Gasteiger partial charge in [-0.3, -0.25) is 10.2 Å². The summed E-state index contributed by atoms with van der Waals surface area (Å²) >= 11 is 3.64. The van der Waals surface area contributed by atoms with Gasteiger partial charge in [0.25, 0.3) is 0 Å². The highest BCUT2D eigenvalue weighted by molar-refractivity contribution is 9.09. The van der Waals surface area contributed by atoms with Crippen LogP contribution in [0.25, 0.3) is 0 Å². The van der Waals surface area contributed by atoms with Crippen molar-refractivity contribution < 1.29 is 9.53 Å². The molecule has 24 heavy (non-hydrogen) atoms. The number of amides is 1. The van der Waals surface area contributed by atoms with Gasteiger partial charge in [-0.1, -0.05) is 29.8 Å². The monoisotopic (exact) mass is 395 g/mol. The molecule has 1 aliphatic heterocycles. The Morgan fingerprint density at radius 1 is 1.21 bits per heavy atom. The van der Waals surface area contributed by atoms with E-state index in [0.717, 1.165) is 24.3 Å². The summed E-state index contributed by atoms with van der Waals surface area (Å²) in [6.07, 6.45) is 5.14. The third-order valence-electron chi connectivity index (χ3n) is 4.79. The Labute approximate surface area is 152 Å². The second kappa shape index (κ2) is 7.85. The van der Waals surface area contributed by atoms with Gasteiger partial charge in [0.2, 0.25) is 5.91 Å². The van der Waals surface area contributed by atoms with Gasteiger partial charge in [0, 0.05) is 11.7 Å². The Bertz CT molecular complexity index is 558. The second-order valence-corrected chi connectivity index (χ2v) is 8.08. The maximum Gasteiger partial charge on any atom is 0.244 e. The standard InChI is InChI=1S/C18H26BrN3O2/c1-11(2)16-15(19)17(22-21-16)18(23)20-12-7-9-14(10-8-12)24-13-5-3-4-6-13/h7-11,13,15-17,21-22H,3-6H2,1-2H3,(H,20,23). The molecule has 0 aromatic heterocycles. The third kappa shape index (κ3) is 4.10. The van der Waals surface area contributed by atoms with E-state index in [0.29, 0.717) is 12.0 Å². The molecule has 3 atom stereocenters. The van der Waals surface area contributed by atoms with Crippen LogP contribution in [0, 0.1) is 5.92 Å². The summed E-state index contributed by atoms with van der Waals surface area (Å²) in [6.45, 7) is 4.27. The molecular weight excluding hydrogens is 370 g/mol. The van der Waals surface area contributed by atoms with Crippen molar-refractivity contribution >= 4 is 27.5 Å². The average Bonchev–Trinajstić information content (AvgIpc) is 3.18. The highest BCUT2D eigenvalue weighted by Gasteiger charge is 2.39. The number of rotatable bonds is 5. The fourth-order valence-electron chi connectivity index (χ4n) is 3.33. The minimum Gasteiger partial charge on any atom is -0.490 e. The van der Waals surface area contributed by atoms with Gasteiger partial charge in [0.05, 0.1) is 10.9 Å². The number of benzene rings is 1. The zero-order chi connectivity index (χ0) is 17.1. The summed E-state index contributed by atoms with van der Waals surface area (Å²) in [4.78, 5) is 12.5. The van der Waals surface area contributed by atoms with E-state index in [1.807, 2.05) is 24.3 Å². The van der Waals surface area contributed by atoms with E-state index >= 15 is 0 Å². The second-order valence-electron chi connectivity index (χ2n) is 7.02. The van der Waals surface area contributed by atoms with Gasteiger partial charge in [0.1, 0.15) is 11.8 Å². The number of halogens is 1. The molecule has 0 radical (unpaired) electrons. The van der Waals surface area contributed by atoms with Crippen LogP contribution < -0.4 is 20.9 Å². The molecule has 1 aromatic rings. The zero-order valence-electron chi connectivity index (χ0n) is 14.2. The molecule has 132 valence electrons. The molecule has 1 aliphatic carbocycles. The van der Waals surface area contributed by atoms with E-state index in [9.17, 15) is 4.79 Å². The maximum atomic E-state index is 12.5. The normalized spacial score (nSPS) is 27.6. The van der Waals surface area contributed by atoms with Gasteiger partial charge in [-0.25, -0.2) is 5.43 Å². The van der Waals surface area contributed by atoms with Gasteiger partial charge in [-0.05, 0) is 55.9 Å². The first-order valence-corrected chi connectivity index (χ1v) is 9.69. The Morgan fingerprint density at radius 2 is 1.88 bits per heavy atom. The first kappa shape index (κ1) is 17.7. The molecule has 3 rings (SSSR count). The number of nitrogens with one attached hydrogen (secondary N) is 3. The summed E-state index contributed by atoms with van der Waals surface area (Å²) in [6, 6.07) is 7.57. The molecule has 5 nitrogen and oxygen atoms in total. The van der Waals surface area contributed by atoms with Crippen molar-refractivity contribution in [2.75, 3.05) is 5.32 Å². The van der Waals surface area contributed by atoms with Crippen LogP contribution in [0.2, 0.25) is 0 Å². The molecule has 3 N–H and O–H groups in total. The first-order valence-electron chi connectivity index (χ1n) is 8.77. The van der Waals surface area contributed by atoms with Gasteiger partial charge in [0.15, 0.2) is 0 Å². The van der Waals surface area contributed by atoms with Crippen molar-refractivity contribution in [2.45, 2.75) is 62.5 Å². The minimum atomic E-state index is -0.299. The molecule has 1 saturated carbocycles. The Balaban J connectivity index is 1.54. The average molecular weight is 396 g/mol. The Morgan fingerprint density at radius 3 is 2.46 bits per heavy atom. The molecule has 1 amide bonds. The maximum absolute atomic E-state index is 12.5. The van der Waals surface area contributed by atoms with Crippen molar-refractivity contribution in [3.63, 3.8) is 0 Å². The number of hydrogen-bond donors (Lipinski definition) is 3. The molecule has 6 heteroatoms. The van der Waals surface area contributed by atoms with Crippen LogP contribution >= 0.6 is 15.9 Å². The van der Waals surface area contributed by atoms with Crippen LogP contribution in [0.4, 0.5) is 5.69 Å². The number of ether oxygens (including phenoxy) is 1. The number of hydrogen-bond acceptors (Lipinski definition) is 4. The lowest BCUT2D eigenvalue weighted by molar-refractivity contribution is -0.117. The largest absolute Gasteiger partial charge is 0.490 e. The lowest BCUT2D eigenvalue weighted by atomic mass is 9.99. The molecule has 1 saturated heterocycles. The van der Waals surface area contributed by atoms with E-state index in [1.165, 1.54) is 12.8 Å². The smallest absolute Gasteiger partial charge is 0.244 e. The lowest BCUT2D eigenvalue weighted by Gasteiger charge is -2.19. The summed E-state index contributed by atoms with van der Waals surface area (Å²) in [5.41, 5.74) is 7.06. The quantitative estimate of drug-likeness (QED) is 0.669. The molecule has 1 aromatic carbocycles. The number of carbonyl (C=O) groups excluding carboxylic acids is 1. The topological polar surface area (TPSA) is 62.4 Å². The van der Waals surface area contributed by atoms with Crippen LogP contribution in [0.1, 0.15) is 39.5 Å². The molecule has 1 heterocycles. The van der Waals surface area contributed by atoms with Crippen molar-refractivity contribution in [2.24, 2.45) is 5.92 Å². The molecule has 2 fully saturated rings. The zero-order valence-corrected chi connectivity index (χ0v) is 15.8. The van der Waals surface area contributed by atoms with Crippen LogP contribution in [0.3, 0.4) is 0 Å². The summed E-state index contributed by atoms with van der Waals surface area (Å²) in [7, 11) is 0. The highest BCUT2D eigenvalue weighted by atomic mass is 79.9. The predicted octanol–water partition coefficient (Wildman–Crippen LogP) is 3.21. The summed E-state index contributed by atoms with van der Waals surface area (Å²) in [5, 5.41) is 2.97. The minimum absolute atomic E-state index is 0.0445. The first-order chi connectivity index (χ1) is 11.5. The van der Waals surface area contributed by atoms with Crippen molar-refractivity contribution in [1.29, 1.82) is 0 Å².